The van der Waals surface area contributed by atoms with Crippen molar-refractivity contribution in [2.45, 2.75) is 65.2 Å². The van der Waals surface area contributed by atoms with Crippen LogP contribution in [0.15, 0.2) is 12.1 Å². The zero-order chi connectivity index (χ0) is 14.1. The Labute approximate surface area is 116 Å². The molecule has 0 spiro atoms. The first-order valence-electron chi connectivity index (χ1n) is 7.40. The zero-order valence-corrected chi connectivity index (χ0v) is 12.1. The van der Waals surface area contributed by atoms with Gasteiger partial charge >= 0.3 is 5.97 Å². The molecule has 1 rings (SSSR count). The maximum absolute atomic E-state index is 11.1. The number of carboxylic acids is 1. The summed E-state index contributed by atoms with van der Waals surface area (Å²) in [6.45, 7) is 4.33. The molecule has 0 aromatic carbocycles. The summed E-state index contributed by atoms with van der Waals surface area (Å²) >= 11 is 0. The topological polar surface area (TPSA) is 50.2 Å². The van der Waals surface area contributed by atoms with Crippen LogP contribution >= 0.6 is 0 Å². The van der Waals surface area contributed by atoms with Gasteiger partial charge in [0.25, 0.3) is 0 Å². The van der Waals surface area contributed by atoms with E-state index in [2.05, 4.69) is 18.8 Å². The molecule has 1 heterocycles. The number of nitrogens with zero attached hydrogens (tertiary/aromatic N) is 1. The van der Waals surface area contributed by atoms with Crippen LogP contribution in [0.25, 0.3) is 0 Å². The van der Waals surface area contributed by atoms with Crippen LogP contribution in [0.3, 0.4) is 0 Å². The highest BCUT2D eigenvalue weighted by Gasteiger charge is 2.08. The van der Waals surface area contributed by atoms with Gasteiger partial charge in [-0.25, -0.2) is 4.79 Å². The van der Waals surface area contributed by atoms with Crippen molar-refractivity contribution in [1.29, 1.82) is 0 Å². The minimum Gasteiger partial charge on any atom is -0.478 e. The Hall–Kier alpha value is -1.38. The molecule has 0 saturated heterocycles. The molecule has 0 bridgehead atoms. The summed E-state index contributed by atoms with van der Waals surface area (Å²) in [5.41, 5.74) is 2.24. The summed E-state index contributed by atoms with van der Waals surface area (Å²) in [7, 11) is 0. The second kappa shape index (κ2) is 8.68. The predicted octanol–water partition coefficient (Wildman–Crippen LogP) is 4.25. The summed E-state index contributed by atoms with van der Waals surface area (Å²) < 4.78 is 0. The highest BCUT2D eigenvalue weighted by molar-refractivity contribution is 5.87. The molecule has 0 radical (unpaired) electrons. The molecule has 19 heavy (non-hydrogen) atoms. The predicted molar refractivity (Wildman–Crippen MR) is 77.7 cm³/mol. The minimum absolute atomic E-state index is 0.382. The van der Waals surface area contributed by atoms with Gasteiger partial charge in [-0.2, -0.15) is 0 Å². The van der Waals surface area contributed by atoms with E-state index in [4.69, 9.17) is 5.11 Å². The third kappa shape index (κ3) is 5.86. The Bertz CT molecular complexity index is 373. The standard InChI is InChI=1S/C16H25NO2/c1-3-5-7-9-14-11-13(16(18)19)12-15(17-14)10-8-6-4-2/h11-12H,3-10H2,1-2H3,(H,18,19). The Morgan fingerprint density at radius 1 is 1.00 bits per heavy atom. The van der Waals surface area contributed by atoms with Gasteiger partial charge in [-0.15, -0.1) is 0 Å². The van der Waals surface area contributed by atoms with E-state index in [1.807, 2.05) is 0 Å². The number of aryl methyl sites for hydroxylation is 2. The molecular formula is C16H25NO2. The van der Waals surface area contributed by atoms with Crippen molar-refractivity contribution < 1.29 is 9.90 Å². The van der Waals surface area contributed by atoms with Crippen LogP contribution in [0.4, 0.5) is 0 Å². The molecule has 0 amide bonds. The smallest absolute Gasteiger partial charge is 0.335 e. The van der Waals surface area contributed by atoms with Crippen molar-refractivity contribution in [2.24, 2.45) is 0 Å². The number of hydrogen-bond donors (Lipinski definition) is 1. The summed E-state index contributed by atoms with van der Waals surface area (Å²) in [5, 5.41) is 9.15. The zero-order valence-electron chi connectivity index (χ0n) is 12.1. The van der Waals surface area contributed by atoms with E-state index >= 15 is 0 Å². The molecular weight excluding hydrogens is 238 g/mol. The van der Waals surface area contributed by atoms with E-state index in [1.54, 1.807) is 12.1 Å². The van der Waals surface area contributed by atoms with Gasteiger partial charge < -0.3 is 5.11 Å². The van der Waals surface area contributed by atoms with E-state index < -0.39 is 5.97 Å². The monoisotopic (exact) mass is 263 g/mol. The fourth-order valence-corrected chi connectivity index (χ4v) is 2.14. The lowest BCUT2D eigenvalue weighted by Crippen LogP contribution is -2.04. The van der Waals surface area contributed by atoms with Crippen molar-refractivity contribution in [1.82, 2.24) is 4.98 Å². The first kappa shape index (κ1) is 15.7. The molecule has 1 aromatic heterocycles. The molecule has 1 aromatic rings. The van der Waals surface area contributed by atoms with Gasteiger partial charge in [0.1, 0.15) is 0 Å². The highest BCUT2D eigenvalue weighted by Crippen LogP contribution is 2.12. The van der Waals surface area contributed by atoms with Gasteiger partial charge in [-0.05, 0) is 37.8 Å². The maximum Gasteiger partial charge on any atom is 0.335 e. The molecule has 0 fully saturated rings. The number of aromatic nitrogens is 1. The minimum atomic E-state index is -0.851. The van der Waals surface area contributed by atoms with Crippen LogP contribution in [-0.4, -0.2) is 16.1 Å². The van der Waals surface area contributed by atoms with Crippen molar-refractivity contribution in [3.63, 3.8) is 0 Å². The summed E-state index contributed by atoms with van der Waals surface area (Å²) in [6, 6.07) is 3.45. The fourth-order valence-electron chi connectivity index (χ4n) is 2.14. The average molecular weight is 263 g/mol. The van der Waals surface area contributed by atoms with E-state index in [1.165, 1.54) is 25.7 Å². The number of aromatic carboxylic acids is 1. The van der Waals surface area contributed by atoms with Crippen LogP contribution in [0.2, 0.25) is 0 Å². The fraction of sp³-hybridized carbons (Fsp3) is 0.625. The molecule has 0 saturated carbocycles. The van der Waals surface area contributed by atoms with Crippen molar-refractivity contribution in [2.75, 3.05) is 0 Å². The van der Waals surface area contributed by atoms with Crippen LogP contribution in [0.5, 0.6) is 0 Å². The molecule has 0 aliphatic heterocycles. The lowest BCUT2D eigenvalue weighted by atomic mass is 10.1. The maximum atomic E-state index is 11.1. The Morgan fingerprint density at radius 2 is 1.47 bits per heavy atom. The second-order valence-corrected chi connectivity index (χ2v) is 5.06. The van der Waals surface area contributed by atoms with Gasteiger partial charge in [-0.3, -0.25) is 4.98 Å². The second-order valence-electron chi connectivity index (χ2n) is 5.06. The molecule has 0 aliphatic rings. The SMILES string of the molecule is CCCCCc1cc(C(=O)O)cc(CCCCC)n1. The lowest BCUT2D eigenvalue weighted by Gasteiger charge is -2.07. The first-order valence-corrected chi connectivity index (χ1v) is 7.40. The van der Waals surface area contributed by atoms with Crippen LogP contribution in [0, 0.1) is 0 Å². The number of rotatable bonds is 9. The number of pyridine rings is 1. The van der Waals surface area contributed by atoms with Gasteiger partial charge in [0.15, 0.2) is 0 Å². The summed E-state index contributed by atoms with van der Waals surface area (Å²) in [6.07, 6.45) is 8.62. The molecule has 0 aliphatic carbocycles. The van der Waals surface area contributed by atoms with Crippen molar-refractivity contribution in [3.05, 3.63) is 29.1 Å². The van der Waals surface area contributed by atoms with E-state index in [-0.39, 0.29) is 0 Å². The number of carboxylic acid groups (broad SMARTS) is 1. The highest BCUT2D eigenvalue weighted by atomic mass is 16.4. The van der Waals surface area contributed by atoms with E-state index in [9.17, 15) is 4.79 Å². The summed E-state index contributed by atoms with van der Waals surface area (Å²) in [4.78, 5) is 15.7. The molecule has 3 nitrogen and oxygen atoms in total. The van der Waals surface area contributed by atoms with Crippen LogP contribution in [0.1, 0.15) is 74.1 Å². The first-order chi connectivity index (χ1) is 9.17. The Kier molecular flexibility index (Phi) is 7.16. The van der Waals surface area contributed by atoms with Crippen LogP contribution in [-0.2, 0) is 12.8 Å². The lowest BCUT2D eigenvalue weighted by molar-refractivity contribution is 0.0696. The molecule has 0 unspecified atom stereocenters. The largest absolute Gasteiger partial charge is 0.478 e. The number of carbonyl (C=O) groups is 1. The average Bonchev–Trinajstić information content (AvgIpc) is 2.39. The van der Waals surface area contributed by atoms with Crippen LogP contribution < -0.4 is 0 Å². The van der Waals surface area contributed by atoms with Gasteiger partial charge in [0.2, 0.25) is 0 Å². The normalized spacial score (nSPS) is 10.6. The van der Waals surface area contributed by atoms with Gasteiger partial charge in [0.05, 0.1) is 5.56 Å². The Balaban J connectivity index is 2.75. The van der Waals surface area contributed by atoms with Crippen molar-refractivity contribution in [3.8, 4) is 0 Å². The quantitative estimate of drug-likeness (QED) is 0.678. The van der Waals surface area contributed by atoms with Crippen molar-refractivity contribution >= 4 is 5.97 Å². The number of unbranched alkanes of at least 4 members (excludes halogenated alkanes) is 4. The molecule has 106 valence electrons. The molecule has 3 heteroatoms. The van der Waals surface area contributed by atoms with E-state index in [0.29, 0.717) is 5.56 Å². The Morgan fingerprint density at radius 3 is 1.84 bits per heavy atom. The summed E-state index contributed by atoms with van der Waals surface area (Å²) in [5.74, 6) is -0.851. The third-order valence-electron chi connectivity index (χ3n) is 3.25. The molecule has 0 atom stereocenters. The molecule has 1 N–H and O–H groups in total. The van der Waals surface area contributed by atoms with Gasteiger partial charge in [0, 0.05) is 11.4 Å². The van der Waals surface area contributed by atoms with Gasteiger partial charge in [-0.1, -0.05) is 39.5 Å². The third-order valence-corrected chi connectivity index (χ3v) is 3.25. The van der Waals surface area contributed by atoms with E-state index in [0.717, 1.165) is 37.1 Å². The number of hydrogen-bond acceptors (Lipinski definition) is 2.